The quantitative estimate of drug-likeness (QED) is 0.776. The maximum atomic E-state index is 12.2. The number of nitrogens with one attached hydrogen (secondary N) is 1. The van der Waals surface area contributed by atoms with Gasteiger partial charge >= 0.3 is 0 Å². The van der Waals surface area contributed by atoms with E-state index in [1.807, 2.05) is 13.8 Å². The molecule has 0 aromatic rings. The predicted molar refractivity (Wildman–Crippen MR) is 78.2 cm³/mol. The molecule has 0 spiro atoms. The number of amides is 1. The zero-order chi connectivity index (χ0) is 14.9. The van der Waals surface area contributed by atoms with Gasteiger partial charge in [0.15, 0.2) is 5.78 Å². The molecule has 3 N–H and O–H groups in total. The Morgan fingerprint density at radius 2 is 1.80 bits per heavy atom. The number of carbonyl (C=O) groups is 2. The van der Waals surface area contributed by atoms with Crippen molar-refractivity contribution in [3.05, 3.63) is 0 Å². The van der Waals surface area contributed by atoms with Crippen LogP contribution < -0.4 is 11.1 Å². The minimum Gasteiger partial charge on any atom is -0.345 e. The molecule has 2 aliphatic rings. The fraction of sp³-hybridized carbons (Fsp3) is 0.867. The molecule has 2 rings (SSSR count). The second kappa shape index (κ2) is 6.22. The van der Waals surface area contributed by atoms with Gasteiger partial charge in [0.25, 0.3) is 0 Å². The Labute approximate surface area is 121 Å². The average Bonchev–Trinajstić information content (AvgIpc) is 2.59. The molecule has 3 atom stereocenters. The van der Waals surface area contributed by atoms with Crippen molar-refractivity contribution in [3.8, 4) is 0 Å². The Bertz CT molecular complexity index is 369. The second-order valence-corrected chi connectivity index (χ2v) is 6.69. The van der Waals surface area contributed by atoms with Crippen molar-refractivity contribution in [2.75, 3.05) is 6.54 Å². The van der Waals surface area contributed by atoms with Crippen molar-refractivity contribution in [1.82, 2.24) is 10.2 Å². The zero-order valence-electron chi connectivity index (χ0n) is 12.8. The maximum Gasteiger partial charge on any atom is 0.234 e. The van der Waals surface area contributed by atoms with Crippen molar-refractivity contribution in [2.24, 2.45) is 11.7 Å². The van der Waals surface area contributed by atoms with E-state index in [-0.39, 0.29) is 29.7 Å². The first kappa shape index (κ1) is 15.4. The number of fused-ring (bicyclic) bond motifs is 2. The van der Waals surface area contributed by atoms with Crippen LogP contribution in [-0.2, 0) is 9.59 Å². The van der Waals surface area contributed by atoms with Gasteiger partial charge in [-0.3, -0.25) is 14.5 Å². The van der Waals surface area contributed by atoms with Gasteiger partial charge in [-0.2, -0.15) is 0 Å². The van der Waals surface area contributed by atoms with Gasteiger partial charge in [0.2, 0.25) is 5.91 Å². The van der Waals surface area contributed by atoms with Crippen LogP contribution in [0.3, 0.4) is 0 Å². The summed E-state index contributed by atoms with van der Waals surface area (Å²) in [6.07, 6.45) is 4.27. The molecule has 0 aliphatic carbocycles. The van der Waals surface area contributed by atoms with Crippen molar-refractivity contribution < 1.29 is 9.59 Å². The summed E-state index contributed by atoms with van der Waals surface area (Å²) < 4.78 is 0. The van der Waals surface area contributed by atoms with Crippen LogP contribution >= 0.6 is 0 Å². The first-order valence-electron chi connectivity index (χ1n) is 7.69. The van der Waals surface area contributed by atoms with Gasteiger partial charge in [-0.1, -0.05) is 13.8 Å². The van der Waals surface area contributed by atoms with E-state index in [9.17, 15) is 9.59 Å². The monoisotopic (exact) mass is 281 g/mol. The molecule has 20 heavy (non-hydrogen) atoms. The van der Waals surface area contributed by atoms with Crippen molar-refractivity contribution in [2.45, 2.75) is 70.6 Å². The van der Waals surface area contributed by atoms with Crippen LogP contribution in [0.15, 0.2) is 0 Å². The van der Waals surface area contributed by atoms with Crippen LogP contribution in [0.4, 0.5) is 0 Å². The fourth-order valence-corrected chi connectivity index (χ4v) is 3.70. The molecule has 5 nitrogen and oxygen atoms in total. The number of rotatable bonds is 5. The highest BCUT2D eigenvalue weighted by molar-refractivity contribution is 5.88. The summed E-state index contributed by atoms with van der Waals surface area (Å²) in [4.78, 5) is 26.0. The van der Waals surface area contributed by atoms with Gasteiger partial charge < -0.3 is 11.1 Å². The molecular formula is C15H27N3O2. The molecule has 0 aromatic carbocycles. The third-order valence-corrected chi connectivity index (χ3v) is 4.67. The van der Waals surface area contributed by atoms with Crippen LogP contribution in [0.25, 0.3) is 0 Å². The van der Waals surface area contributed by atoms with Crippen LogP contribution in [0.1, 0.15) is 46.5 Å². The minimum absolute atomic E-state index is 0.0250. The van der Waals surface area contributed by atoms with E-state index in [0.29, 0.717) is 18.6 Å². The molecule has 2 bridgehead atoms. The molecule has 2 aliphatic heterocycles. The highest BCUT2D eigenvalue weighted by atomic mass is 16.2. The van der Waals surface area contributed by atoms with Crippen LogP contribution in [0.2, 0.25) is 0 Å². The smallest absolute Gasteiger partial charge is 0.234 e. The molecule has 0 radical (unpaired) electrons. The van der Waals surface area contributed by atoms with E-state index in [1.165, 1.54) is 6.92 Å². The van der Waals surface area contributed by atoms with E-state index >= 15 is 0 Å². The van der Waals surface area contributed by atoms with Crippen molar-refractivity contribution in [1.29, 1.82) is 0 Å². The summed E-state index contributed by atoms with van der Waals surface area (Å²) in [6, 6.07) is 0.813. The summed E-state index contributed by atoms with van der Waals surface area (Å²) in [5.41, 5.74) is 6.04. The van der Waals surface area contributed by atoms with E-state index in [4.69, 9.17) is 5.73 Å². The number of carbonyl (C=O) groups excluding carboxylic acids is 2. The summed E-state index contributed by atoms with van der Waals surface area (Å²) in [7, 11) is 0. The SMILES string of the molecule is CC(=O)C(NC(=O)CN1C2CCC1CC(N)C2)C(C)C. The van der Waals surface area contributed by atoms with Crippen LogP contribution in [0.5, 0.6) is 0 Å². The standard InChI is InChI=1S/C15H27N3O2/c1-9(2)15(10(3)19)17-14(20)8-18-12-4-5-13(18)7-11(16)6-12/h9,11-13,15H,4-8,16H2,1-3H3,(H,17,20). The number of piperidine rings is 1. The lowest BCUT2D eigenvalue weighted by molar-refractivity contribution is -0.129. The molecule has 5 heteroatoms. The van der Waals surface area contributed by atoms with Gasteiger partial charge in [-0.15, -0.1) is 0 Å². The van der Waals surface area contributed by atoms with Gasteiger partial charge in [0.05, 0.1) is 12.6 Å². The lowest BCUT2D eigenvalue weighted by Crippen LogP contribution is -2.53. The molecule has 1 amide bonds. The Balaban J connectivity index is 1.90. The number of hydrogen-bond donors (Lipinski definition) is 2. The van der Waals surface area contributed by atoms with Gasteiger partial charge in [-0.05, 0) is 38.5 Å². The van der Waals surface area contributed by atoms with E-state index in [0.717, 1.165) is 25.7 Å². The molecule has 2 fully saturated rings. The second-order valence-electron chi connectivity index (χ2n) is 6.69. The maximum absolute atomic E-state index is 12.2. The number of nitrogens with zero attached hydrogens (tertiary/aromatic N) is 1. The molecule has 2 saturated heterocycles. The Kier molecular flexibility index (Phi) is 4.81. The summed E-state index contributed by atoms with van der Waals surface area (Å²) in [6.45, 7) is 5.85. The van der Waals surface area contributed by atoms with E-state index < -0.39 is 0 Å². The highest BCUT2D eigenvalue weighted by Crippen LogP contribution is 2.34. The summed E-state index contributed by atoms with van der Waals surface area (Å²) in [5.74, 6) is 0.117. The van der Waals surface area contributed by atoms with Crippen LogP contribution in [-0.4, -0.2) is 47.3 Å². The third kappa shape index (κ3) is 3.38. The lowest BCUT2D eigenvalue weighted by Gasteiger charge is -2.37. The van der Waals surface area contributed by atoms with Crippen molar-refractivity contribution >= 4 is 11.7 Å². The number of nitrogens with two attached hydrogens (primary N) is 1. The first-order valence-corrected chi connectivity index (χ1v) is 7.69. The topological polar surface area (TPSA) is 75.4 Å². The molecule has 0 aromatic heterocycles. The fourth-order valence-electron chi connectivity index (χ4n) is 3.70. The molecule has 0 saturated carbocycles. The normalized spacial score (nSPS) is 31.4. The van der Waals surface area contributed by atoms with E-state index in [1.54, 1.807) is 0 Å². The number of ketones is 1. The largest absolute Gasteiger partial charge is 0.345 e. The number of Topliss-reactive ketones (excluding diaryl/α,β-unsaturated/α-hetero) is 1. The Morgan fingerprint density at radius 1 is 1.25 bits per heavy atom. The average molecular weight is 281 g/mol. The predicted octanol–water partition coefficient (Wildman–Crippen LogP) is 0.670. The number of hydrogen-bond acceptors (Lipinski definition) is 4. The third-order valence-electron chi connectivity index (χ3n) is 4.67. The summed E-state index contributed by atoms with van der Waals surface area (Å²) in [5, 5.41) is 2.88. The lowest BCUT2D eigenvalue weighted by atomic mass is 9.98. The van der Waals surface area contributed by atoms with Crippen molar-refractivity contribution in [3.63, 3.8) is 0 Å². The van der Waals surface area contributed by atoms with Gasteiger partial charge in [-0.25, -0.2) is 0 Å². The zero-order valence-corrected chi connectivity index (χ0v) is 12.8. The molecule has 114 valence electrons. The highest BCUT2D eigenvalue weighted by Gasteiger charge is 2.40. The van der Waals surface area contributed by atoms with Gasteiger partial charge in [0.1, 0.15) is 0 Å². The molecule has 3 unspecified atom stereocenters. The molecular weight excluding hydrogens is 254 g/mol. The first-order chi connectivity index (χ1) is 9.38. The van der Waals surface area contributed by atoms with Crippen LogP contribution in [0, 0.1) is 5.92 Å². The molecule has 2 heterocycles. The minimum atomic E-state index is -0.368. The van der Waals surface area contributed by atoms with E-state index in [2.05, 4.69) is 10.2 Å². The Hall–Kier alpha value is -0.940. The van der Waals surface area contributed by atoms with Gasteiger partial charge in [0, 0.05) is 18.1 Å². The Morgan fingerprint density at radius 3 is 2.25 bits per heavy atom. The summed E-state index contributed by atoms with van der Waals surface area (Å²) >= 11 is 0.